The third-order valence-corrected chi connectivity index (χ3v) is 3.13. The Morgan fingerprint density at radius 2 is 2.16 bits per heavy atom. The molecule has 0 saturated heterocycles. The highest BCUT2D eigenvalue weighted by atomic mass is 16.4. The minimum absolute atomic E-state index is 0.539. The second kappa shape index (κ2) is 4.76. The van der Waals surface area contributed by atoms with Crippen molar-refractivity contribution in [3.63, 3.8) is 0 Å². The number of anilines is 1. The Morgan fingerprint density at radius 1 is 1.32 bits per heavy atom. The number of para-hydroxylation sites is 2. The Balaban J connectivity index is 1.79. The number of imidazole rings is 1. The van der Waals surface area contributed by atoms with E-state index in [0.29, 0.717) is 12.4 Å². The topological polar surface area (TPSA) is 55.9 Å². The molecule has 0 unspecified atom stereocenters. The number of aryl methyl sites for hydroxylation is 2. The van der Waals surface area contributed by atoms with Crippen LogP contribution in [-0.2, 0) is 20.0 Å². The van der Waals surface area contributed by atoms with Gasteiger partial charge in [-0.3, -0.25) is 0 Å². The van der Waals surface area contributed by atoms with E-state index in [9.17, 15) is 0 Å². The molecule has 5 nitrogen and oxygen atoms in total. The summed E-state index contributed by atoms with van der Waals surface area (Å²) in [5.41, 5.74) is 2.08. The van der Waals surface area contributed by atoms with Gasteiger partial charge in [-0.15, -0.1) is 0 Å². The fourth-order valence-corrected chi connectivity index (χ4v) is 2.05. The summed E-state index contributed by atoms with van der Waals surface area (Å²) in [7, 11) is 1.99. The third-order valence-electron chi connectivity index (χ3n) is 3.13. The summed E-state index contributed by atoms with van der Waals surface area (Å²) >= 11 is 0. The molecule has 3 rings (SSSR count). The van der Waals surface area contributed by atoms with E-state index in [1.54, 1.807) is 6.20 Å². The summed E-state index contributed by atoms with van der Waals surface area (Å²) in [6, 6.07) is 8.05. The van der Waals surface area contributed by atoms with Gasteiger partial charge in [-0.25, -0.2) is 9.97 Å². The largest absolute Gasteiger partial charge is 0.444 e. The Morgan fingerprint density at radius 3 is 2.89 bits per heavy atom. The molecule has 1 N–H and O–H groups in total. The Kier molecular flexibility index (Phi) is 2.95. The molecule has 0 bridgehead atoms. The van der Waals surface area contributed by atoms with Gasteiger partial charge in [0.25, 0.3) is 0 Å². The van der Waals surface area contributed by atoms with Crippen molar-refractivity contribution in [1.82, 2.24) is 14.5 Å². The summed E-state index contributed by atoms with van der Waals surface area (Å²) in [4.78, 5) is 8.76. The number of benzene rings is 1. The molecule has 5 heteroatoms. The van der Waals surface area contributed by atoms with Crippen molar-refractivity contribution >= 4 is 17.0 Å². The zero-order valence-electron chi connectivity index (χ0n) is 11.1. The zero-order chi connectivity index (χ0) is 13.2. The highest BCUT2D eigenvalue weighted by Crippen LogP contribution is 2.18. The second-order valence-electron chi connectivity index (χ2n) is 4.41. The smallest absolute Gasteiger partial charge is 0.213 e. The van der Waals surface area contributed by atoms with Crippen LogP contribution in [0.2, 0.25) is 0 Å². The van der Waals surface area contributed by atoms with Crippen LogP contribution in [0, 0.1) is 0 Å². The van der Waals surface area contributed by atoms with Crippen LogP contribution < -0.4 is 5.32 Å². The van der Waals surface area contributed by atoms with E-state index in [1.165, 1.54) is 0 Å². The molecule has 19 heavy (non-hydrogen) atoms. The molecule has 3 aromatic rings. The molecule has 98 valence electrons. The molecule has 0 aliphatic heterocycles. The van der Waals surface area contributed by atoms with Crippen molar-refractivity contribution in [2.45, 2.75) is 19.9 Å². The number of nitrogens with zero attached hydrogens (tertiary/aromatic N) is 3. The molecule has 2 aromatic heterocycles. The normalized spacial score (nSPS) is 11.1. The lowest BCUT2D eigenvalue weighted by Gasteiger charge is -2.03. The lowest BCUT2D eigenvalue weighted by atomic mass is 10.3. The standard InChI is InChI=1S/C14H16N4O/c1-3-10-8-15-13(19-10)9-16-14-17-11-6-4-5-7-12(11)18(14)2/h4-8H,3,9H2,1-2H3,(H,16,17). The monoisotopic (exact) mass is 256 g/mol. The van der Waals surface area contributed by atoms with Crippen molar-refractivity contribution in [3.8, 4) is 0 Å². The first-order valence-corrected chi connectivity index (χ1v) is 6.37. The molecule has 0 spiro atoms. The van der Waals surface area contributed by atoms with Gasteiger partial charge in [0.1, 0.15) is 5.76 Å². The third kappa shape index (κ3) is 2.19. The first kappa shape index (κ1) is 11.8. The molecule has 0 aliphatic rings. The first-order valence-electron chi connectivity index (χ1n) is 6.37. The molecule has 0 saturated carbocycles. The Bertz CT molecular complexity index is 698. The molecule has 1 aromatic carbocycles. The summed E-state index contributed by atoms with van der Waals surface area (Å²) in [5, 5.41) is 3.25. The number of nitrogens with one attached hydrogen (secondary N) is 1. The van der Waals surface area contributed by atoms with Gasteiger partial charge >= 0.3 is 0 Å². The van der Waals surface area contributed by atoms with Crippen molar-refractivity contribution in [2.75, 3.05) is 5.32 Å². The maximum atomic E-state index is 5.56. The predicted octanol–water partition coefficient (Wildman–Crippen LogP) is 2.74. The number of hydrogen-bond donors (Lipinski definition) is 1. The lowest BCUT2D eigenvalue weighted by molar-refractivity contribution is 0.465. The van der Waals surface area contributed by atoms with Gasteiger partial charge in [0.05, 0.1) is 23.8 Å². The van der Waals surface area contributed by atoms with E-state index in [-0.39, 0.29) is 0 Å². The fourth-order valence-electron chi connectivity index (χ4n) is 2.05. The average molecular weight is 256 g/mol. The molecule has 2 heterocycles. The summed E-state index contributed by atoms with van der Waals surface area (Å²) in [5.74, 6) is 2.41. The summed E-state index contributed by atoms with van der Waals surface area (Å²) in [6.07, 6.45) is 2.63. The van der Waals surface area contributed by atoms with E-state index in [1.807, 2.05) is 42.8 Å². The van der Waals surface area contributed by atoms with Gasteiger partial charge in [-0.1, -0.05) is 19.1 Å². The maximum absolute atomic E-state index is 5.56. The van der Waals surface area contributed by atoms with Crippen LogP contribution in [0.15, 0.2) is 34.9 Å². The highest BCUT2D eigenvalue weighted by Gasteiger charge is 2.08. The summed E-state index contributed by atoms with van der Waals surface area (Å²) < 4.78 is 7.58. The van der Waals surface area contributed by atoms with Crippen LogP contribution in [0.5, 0.6) is 0 Å². The van der Waals surface area contributed by atoms with E-state index in [4.69, 9.17) is 4.42 Å². The van der Waals surface area contributed by atoms with E-state index in [2.05, 4.69) is 15.3 Å². The molecular weight excluding hydrogens is 240 g/mol. The second-order valence-corrected chi connectivity index (χ2v) is 4.41. The van der Waals surface area contributed by atoms with Gasteiger partial charge in [-0.05, 0) is 12.1 Å². The lowest BCUT2D eigenvalue weighted by Crippen LogP contribution is -2.05. The quantitative estimate of drug-likeness (QED) is 0.779. The number of oxazole rings is 1. The van der Waals surface area contributed by atoms with Crippen LogP contribution in [0.1, 0.15) is 18.6 Å². The number of hydrogen-bond acceptors (Lipinski definition) is 4. The molecular formula is C14H16N4O. The van der Waals surface area contributed by atoms with Gasteiger partial charge in [-0.2, -0.15) is 0 Å². The molecule has 0 radical (unpaired) electrons. The minimum atomic E-state index is 0.539. The van der Waals surface area contributed by atoms with Crippen LogP contribution in [0.3, 0.4) is 0 Å². The average Bonchev–Trinajstić information content (AvgIpc) is 3.02. The SMILES string of the molecule is CCc1cnc(CNc2nc3ccccc3n2C)o1. The highest BCUT2D eigenvalue weighted by molar-refractivity contribution is 5.78. The number of fused-ring (bicyclic) bond motifs is 1. The van der Waals surface area contributed by atoms with Gasteiger partial charge < -0.3 is 14.3 Å². The van der Waals surface area contributed by atoms with Crippen LogP contribution in [-0.4, -0.2) is 14.5 Å². The van der Waals surface area contributed by atoms with Crippen molar-refractivity contribution in [3.05, 3.63) is 42.1 Å². The summed E-state index contributed by atoms with van der Waals surface area (Å²) in [6.45, 7) is 2.58. The Hall–Kier alpha value is -2.30. The Labute approximate surface area is 111 Å². The molecule has 0 aliphatic carbocycles. The van der Waals surface area contributed by atoms with Crippen molar-refractivity contribution in [1.29, 1.82) is 0 Å². The number of aromatic nitrogens is 3. The number of rotatable bonds is 4. The molecule has 0 amide bonds. The van der Waals surface area contributed by atoms with E-state index in [0.717, 1.165) is 29.2 Å². The van der Waals surface area contributed by atoms with Crippen molar-refractivity contribution < 1.29 is 4.42 Å². The van der Waals surface area contributed by atoms with Gasteiger partial charge in [0, 0.05) is 13.5 Å². The van der Waals surface area contributed by atoms with E-state index >= 15 is 0 Å². The van der Waals surface area contributed by atoms with E-state index < -0.39 is 0 Å². The zero-order valence-corrected chi connectivity index (χ0v) is 11.1. The van der Waals surface area contributed by atoms with Gasteiger partial charge in [0.2, 0.25) is 11.8 Å². The van der Waals surface area contributed by atoms with Crippen LogP contribution in [0.4, 0.5) is 5.95 Å². The molecule has 0 atom stereocenters. The van der Waals surface area contributed by atoms with Crippen LogP contribution in [0.25, 0.3) is 11.0 Å². The van der Waals surface area contributed by atoms with Crippen molar-refractivity contribution in [2.24, 2.45) is 7.05 Å². The minimum Gasteiger partial charge on any atom is -0.444 e. The fraction of sp³-hybridized carbons (Fsp3) is 0.286. The van der Waals surface area contributed by atoms with Gasteiger partial charge in [0.15, 0.2) is 0 Å². The van der Waals surface area contributed by atoms with Crippen LogP contribution >= 0.6 is 0 Å². The molecule has 0 fully saturated rings. The first-order chi connectivity index (χ1) is 9.28. The maximum Gasteiger partial charge on any atom is 0.213 e. The predicted molar refractivity (Wildman–Crippen MR) is 73.9 cm³/mol.